The van der Waals surface area contributed by atoms with Gasteiger partial charge in [0.05, 0.1) is 11.4 Å². The van der Waals surface area contributed by atoms with Crippen LogP contribution in [0.1, 0.15) is 25.3 Å². The summed E-state index contributed by atoms with van der Waals surface area (Å²) in [5, 5.41) is 3.92. The van der Waals surface area contributed by atoms with E-state index in [1.165, 1.54) is 6.26 Å². The Balaban J connectivity index is 2.61. The van der Waals surface area contributed by atoms with Crippen molar-refractivity contribution in [3.8, 4) is 0 Å². The molecule has 0 N–H and O–H groups in total. The largest absolute Gasteiger partial charge is 0.361 e. The summed E-state index contributed by atoms with van der Waals surface area (Å²) in [4.78, 5) is 2.07. The van der Waals surface area contributed by atoms with Gasteiger partial charge in [0.25, 0.3) is 0 Å². The Kier molecular flexibility index (Phi) is 4.70. The van der Waals surface area contributed by atoms with Gasteiger partial charge in [-0.3, -0.25) is 4.90 Å². The molecule has 1 heterocycles. The molecule has 1 aromatic rings. The Morgan fingerprint density at radius 2 is 2.12 bits per heavy atom. The van der Waals surface area contributed by atoms with Crippen molar-refractivity contribution in [2.75, 3.05) is 18.6 Å². The van der Waals surface area contributed by atoms with Crippen LogP contribution in [-0.2, 0) is 16.4 Å². The Labute approximate surface area is 103 Å². The highest BCUT2D eigenvalue weighted by atomic mass is 32.2. The van der Waals surface area contributed by atoms with Crippen LogP contribution >= 0.6 is 0 Å². The van der Waals surface area contributed by atoms with Gasteiger partial charge < -0.3 is 4.52 Å². The molecular formula is C11H20N2O3S. The molecule has 0 aliphatic rings. The normalized spacial score (nSPS) is 12.6. The van der Waals surface area contributed by atoms with E-state index in [1.54, 1.807) is 0 Å². The lowest BCUT2D eigenvalue weighted by Gasteiger charge is -2.24. The summed E-state index contributed by atoms with van der Waals surface area (Å²) < 4.78 is 27.3. The zero-order valence-corrected chi connectivity index (χ0v) is 11.6. The maximum absolute atomic E-state index is 11.2. The standard InChI is InChI=1S/C11H20N2O3S/c1-9(2)13(5-6-17(4,14)15)8-11-7-10(3)16-12-11/h7,9H,5-6,8H2,1-4H3. The third kappa shape index (κ3) is 5.32. The first-order valence-corrected chi connectivity index (χ1v) is 7.68. The third-order valence-electron chi connectivity index (χ3n) is 2.52. The van der Waals surface area contributed by atoms with Crippen molar-refractivity contribution in [2.45, 2.75) is 33.4 Å². The minimum absolute atomic E-state index is 0.169. The molecule has 0 atom stereocenters. The fourth-order valence-electron chi connectivity index (χ4n) is 1.50. The lowest BCUT2D eigenvalue weighted by molar-refractivity contribution is 0.219. The molecule has 0 aliphatic carbocycles. The van der Waals surface area contributed by atoms with Crippen LogP contribution in [0.3, 0.4) is 0 Å². The van der Waals surface area contributed by atoms with Gasteiger partial charge in [0, 0.05) is 31.5 Å². The summed E-state index contributed by atoms with van der Waals surface area (Å²) in [5.74, 6) is 0.939. The quantitative estimate of drug-likeness (QED) is 0.770. The van der Waals surface area contributed by atoms with E-state index in [0.29, 0.717) is 13.1 Å². The second-order valence-corrected chi connectivity index (χ2v) is 6.88. The smallest absolute Gasteiger partial charge is 0.148 e. The lowest BCUT2D eigenvalue weighted by atomic mass is 10.3. The number of aryl methyl sites for hydroxylation is 1. The van der Waals surface area contributed by atoms with Crippen molar-refractivity contribution in [3.05, 3.63) is 17.5 Å². The Hall–Kier alpha value is -0.880. The van der Waals surface area contributed by atoms with Crippen LogP contribution in [0.25, 0.3) is 0 Å². The number of nitrogens with zero attached hydrogens (tertiary/aromatic N) is 2. The second kappa shape index (κ2) is 5.64. The van der Waals surface area contributed by atoms with Crippen LogP contribution in [0.5, 0.6) is 0 Å². The molecular weight excluding hydrogens is 240 g/mol. The molecule has 0 unspecified atom stereocenters. The van der Waals surface area contributed by atoms with Gasteiger partial charge in [-0.15, -0.1) is 0 Å². The van der Waals surface area contributed by atoms with Gasteiger partial charge >= 0.3 is 0 Å². The molecule has 0 fully saturated rings. The van der Waals surface area contributed by atoms with E-state index in [2.05, 4.69) is 10.1 Å². The molecule has 0 saturated heterocycles. The summed E-state index contributed by atoms with van der Waals surface area (Å²) in [7, 11) is -2.93. The molecule has 0 amide bonds. The lowest BCUT2D eigenvalue weighted by Crippen LogP contribution is -2.34. The second-order valence-electron chi connectivity index (χ2n) is 4.62. The van der Waals surface area contributed by atoms with E-state index in [4.69, 9.17) is 4.52 Å². The average molecular weight is 260 g/mol. The molecule has 98 valence electrons. The summed E-state index contributed by atoms with van der Waals surface area (Å²) >= 11 is 0. The number of aromatic nitrogens is 1. The van der Waals surface area contributed by atoms with Gasteiger partial charge in [-0.25, -0.2) is 8.42 Å². The van der Waals surface area contributed by atoms with E-state index in [0.717, 1.165) is 11.5 Å². The molecule has 1 rings (SSSR count). The molecule has 6 heteroatoms. The first-order chi connectivity index (χ1) is 7.78. The van der Waals surface area contributed by atoms with E-state index in [-0.39, 0.29) is 11.8 Å². The van der Waals surface area contributed by atoms with Crippen LogP contribution in [0.2, 0.25) is 0 Å². The van der Waals surface area contributed by atoms with E-state index in [1.807, 2.05) is 26.8 Å². The fraction of sp³-hybridized carbons (Fsp3) is 0.727. The molecule has 0 spiro atoms. The summed E-state index contributed by atoms with van der Waals surface area (Å²) in [6.45, 7) is 7.05. The molecule has 1 aromatic heterocycles. The Bertz CT molecular complexity index is 451. The topological polar surface area (TPSA) is 63.4 Å². The highest BCUT2D eigenvalue weighted by Crippen LogP contribution is 2.08. The van der Waals surface area contributed by atoms with Gasteiger partial charge in [0.1, 0.15) is 15.6 Å². The van der Waals surface area contributed by atoms with Gasteiger partial charge in [-0.05, 0) is 20.8 Å². The minimum atomic E-state index is -2.93. The number of hydrogen-bond donors (Lipinski definition) is 0. The highest BCUT2D eigenvalue weighted by molar-refractivity contribution is 7.90. The highest BCUT2D eigenvalue weighted by Gasteiger charge is 2.14. The maximum Gasteiger partial charge on any atom is 0.148 e. The van der Waals surface area contributed by atoms with Crippen molar-refractivity contribution in [2.24, 2.45) is 0 Å². The monoisotopic (exact) mass is 260 g/mol. The zero-order chi connectivity index (χ0) is 13.1. The molecule has 0 bridgehead atoms. The van der Waals surface area contributed by atoms with Crippen LogP contribution in [0.4, 0.5) is 0 Å². The fourth-order valence-corrected chi connectivity index (χ4v) is 2.07. The molecule has 0 saturated carbocycles. The van der Waals surface area contributed by atoms with E-state index in [9.17, 15) is 8.42 Å². The minimum Gasteiger partial charge on any atom is -0.361 e. The van der Waals surface area contributed by atoms with Crippen LogP contribution in [-0.4, -0.2) is 43.1 Å². The predicted molar refractivity (Wildman–Crippen MR) is 66.5 cm³/mol. The van der Waals surface area contributed by atoms with Crippen LogP contribution in [0.15, 0.2) is 10.6 Å². The van der Waals surface area contributed by atoms with Gasteiger partial charge in [0.15, 0.2) is 0 Å². The molecule has 0 radical (unpaired) electrons. The van der Waals surface area contributed by atoms with Crippen molar-refractivity contribution in [1.29, 1.82) is 0 Å². The van der Waals surface area contributed by atoms with Gasteiger partial charge in [0.2, 0.25) is 0 Å². The molecule has 5 nitrogen and oxygen atoms in total. The molecule has 17 heavy (non-hydrogen) atoms. The summed E-state index contributed by atoms with van der Waals surface area (Å²) in [5.41, 5.74) is 0.838. The number of hydrogen-bond acceptors (Lipinski definition) is 5. The Morgan fingerprint density at radius 1 is 1.47 bits per heavy atom. The first-order valence-electron chi connectivity index (χ1n) is 5.62. The Morgan fingerprint density at radius 3 is 2.53 bits per heavy atom. The van der Waals surface area contributed by atoms with Crippen molar-refractivity contribution in [3.63, 3.8) is 0 Å². The molecule has 0 aromatic carbocycles. The van der Waals surface area contributed by atoms with Crippen LogP contribution < -0.4 is 0 Å². The van der Waals surface area contributed by atoms with E-state index < -0.39 is 9.84 Å². The SMILES string of the molecule is Cc1cc(CN(CCS(C)(=O)=O)C(C)C)no1. The van der Waals surface area contributed by atoms with Crippen molar-refractivity contribution >= 4 is 9.84 Å². The van der Waals surface area contributed by atoms with Gasteiger partial charge in [-0.1, -0.05) is 5.16 Å². The predicted octanol–water partition coefficient (Wildman–Crippen LogP) is 1.24. The van der Waals surface area contributed by atoms with Crippen molar-refractivity contribution < 1.29 is 12.9 Å². The first kappa shape index (κ1) is 14.2. The van der Waals surface area contributed by atoms with Gasteiger partial charge in [-0.2, -0.15) is 0 Å². The third-order valence-corrected chi connectivity index (χ3v) is 3.45. The zero-order valence-electron chi connectivity index (χ0n) is 10.8. The number of sulfone groups is 1. The van der Waals surface area contributed by atoms with Crippen LogP contribution in [0, 0.1) is 6.92 Å². The summed E-state index contributed by atoms with van der Waals surface area (Å²) in [6, 6.07) is 2.14. The van der Waals surface area contributed by atoms with Crippen molar-refractivity contribution in [1.82, 2.24) is 10.1 Å². The number of rotatable bonds is 6. The maximum atomic E-state index is 11.2. The summed E-state index contributed by atoms with van der Waals surface area (Å²) in [6.07, 6.45) is 1.26. The van der Waals surface area contributed by atoms with E-state index >= 15 is 0 Å². The average Bonchev–Trinajstić information content (AvgIpc) is 2.56. The molecule has 0 aliphatic heterocycles.